The minimum absolute atomic E-state index is 0.000850. The second-order valence-electron chi connectivity index (χ2n) is 7.76. The first kappa shape index (κ1) is 19.4. The molecule has 1 fully saturated rings. The van der Waals surface area contributed by atoms with Crippen LogP contribution in [0.1, 0.15) is 73.7 Å². The van der Waals surface area contributed by atoms with Crippen LogP contribution in [0.4, 0.5) is 5.69 Å². The third-order valence-corrected chi connectivity index (χ3v) is 5.65. The van der Waals surface area contributed by atoms with Crippen molar-refractivity contribution in [2.75, 3.05) is 5.32 Å². The van der Waals surface area contributed by atoms with E-state index in [2.05, 4.69) is 10.6 Å². The monoisotopic (exact) mass is 372 g/mol. The molecule has 1 aliphatic carbocycles. The van der Waals surface area contributed by atoms with Gasteiger partial charge in [0, 0.05) is 30.1 Å². The second kappa shape index (κ2) is 9.02. The van der Waals surface area contributed by atoms with Crippen molar-refractivity contribution in [3.8, 4) is 0 Å². The molecule has 0 saturated heterocycles. The van der Waals surface area contributed by atoms with E-state index in [0.717, 1.165) is 30.5 Å². The Morgan fingerprint density at radius 1 is 1.19 bits per heavy atom. The molecule has 1 aromatic rings. The number of carbonyl (C=O) groups excluding carboxylic acids is 2. The number of benzene rings is 1. The second-order valence-corrected chi connectivity index (χ2v) is 7.76. The number of carbonyl (C=O) groups is 3. The minimum Gasteiger partial charge on any atom is -0.481 e. The van der Waals surface area contributed by atoms with Gasteiger partial charge < -0.3 is 15.7 Å². The number of carboxylic acid groups (broad SMARTS) is 1. The SMILES string of the molecule is O=C(O)CCC(CC1CCCCC1)NC(=O)c1ccc2c(c1)CCC(=O)N2. The van der Waals surface area contributed by atoms with Crippen molar-refractivity contribution in [2.24, 2.45) is 5.92 Å². The molecule has 1 saturated carbocycles. The van der Waals surface area contributed by atoms with E-state index in [1.54, 1.807) is 12.1 Å². The molecule has 1 unspecified atom stereocenters. The van der Waals surface area contributed by atoms with Gasteiger partial charge in [0.2, 0.25) is 5.91 Å². The van der Waals surface area contributed by atoms with Gasteiger partial charge in [-0.05, 0) is 48.9 Å². The molecule has 0 radical (unpaired) electrons. The lowest BCUT2D eigenvalue weighted by molar-refractivity contribution is -0.137. The number of anilines is 1. The first-order chi connectivity index (χ1) is 13.0. The summed E-state index contributed by atoms with van der Waals surface area (Å²) in [6, 6.07) is 5.20. The number of nitrogens with one attached hydrogen (secondary N) is 2. The van der Waals surface area contributed by atoms with Crippen LogP contribution in [0, 0.1) is 5.92 Å². The molecule has 27 heavy (non-hydrogen) atoms. The Hall–Kier alpha value is -2.37. The van der Waals surface area contributed by atoms with E-state index < -0.39 is 5.97 Å². The molecule has 2 amide bonds. The molecule has 146 valence electrons. The van der Waals surface area contributed by atoms with Crippen LogP contribution in [0.25, 0.3) is 0 Å². The van der Waals surface area contributed by atoms with Crippen molar-refractivity contribution in [1.29, 1.82) is 0 Å². The standard InChI is InChI=1S/C21H28N2O4/c24-19-10-7-15-13-16(6-9-18(15)23-19)21(27)22-17(8-11-20(25)26)12-14-4-2-1-3-5-14/h6,9,13-14,17H,1-5,7-8,10-12H2,(H,22,27)(H,23,24)(H,25,26). The highest BCUT2D eigenvalue weighted by Crippen LogP contribution is 2.29. The lowest BCUT2D eigenvalue weighted by atomic mass is 9.84. The third-order valence-electron chi connectivity index (χ3n) is 5.65. The van der Waals surface area contributed by atoms with Gasteiger partial charge in [-0.2, -0.15) is 0 Å². The smallest absolute Gasteiger partial charge is 0.303 e. The predicted octanol–water partition coefficient (Wildman–Crippen LogP) is 3.50. The van der Waals surface area contributed by atoms with Gasteiger partial charge in [0.1, 0.15) is 0 Å². The van der Waals surface area contributed by atoms with Gasteiger partial charge in [-0.1, -0.05) is 32.1 Å². The van der Waals surface area contributed by atoms with Gasteiger partial charge in [0.15, 0.2) is 0 Å². The number of rotatable bonds is 7. The highest BCUT2D eigenvalue weighted by Gasteiger charge is 2.22. The van der Waals surface area contributed by atoms with Crippen LogP contribution < -0.4 is 10.6 Å². The summed E-state index contributed by atoms with van der Waals surface area (Å²) < 4.78 is 0. The average Bonchev–Trinajstić information content (AvgIpc) is 2.66. The summed E-state index contributed by atoms with van der Waals surface area (Å²) in [5, 5.41) is 14.9. The van der Waals surface area contributed by atoms with Crippen LogP contribution in [0.3, 0.4) is 0 Å². The highest BCUT2D eigenvalue weighted by atomic mass is 16.4. The topological polar surface area (TPSA) is 95.5 Å². The molecular formula is C21H28N2O4. The number of hydrogen-bond acceptors (Lipinski definition) is 3. The molecular weight excluding hydrogens is 344 g/mol. The van der Waals surface area contributed by atoms with Gasteiger partial charge in [-0.15, -0.1) is 0 Å². The van der Waals surface area contributed by atoms with E-state index in [1.165, 1.54) is 19.3 Å². The van der Waals surface area contributed by atoms with Crippen LogP contribution in [0.15, 0.2) is 18.2 Å². The summed E-state index contributed by atoms with van der Waals surface area (Å²) >= 11 is 0. The first-order valence-electron chi connectivity index (χ1n) is 9.96. The minimum atomic E-state index is -0.831. The molecule has 0 aromatic heterocycles. The zero-order valence-electron chi connectivity index (χ0n) is 15.6. The summed E-state index contributed by atoms with van der Waals surface area (Å²) in [5.74, 6) is -0.430. The maximum absolute atomic E-state index is 12.7. The molecule has 0 spiro atoms. The van der Waals surface area contributed by atoms with E-state index in [-0.39, 0.29) is 24.3 Å². The van der Waals surface area contributed by atoms with Crippen molar-refractivity contribution in [3.05, 3.63) is 29.3 Å². The average molecular weight is 372 g/mol. The highest BCUT2D eigenvalue weighted by molar-refractivity contribution is 5.98. The summed E-state index contributed by atoms with van der Waals surface area (Å²) in [4.78, 5) is 35.2. The fraction of sp³-hybridized carbons (Fsp3) is 0.571. The Kier molecular flexibility index (Phi) is 6.48. The number of aliphatic carboxylic acids is 1. The van der Waals surface area contributed by atoms with Crippen LogP contribution >= 0.6 is 0 Å². The van der Waals surface area contributed by atoms with Gasteiger partial charge in [0.05, 0.1) is 0 Å². The van der Waals surface area contributed by atoms with Crippen LogP contribution in [-0.2, 0) is 16.0 Å². The number of hydrogen-bond donors (Lipinski definition) is 3. The van der Waals surface area contributed by atoms with Crippen molar-refractivity contribution in [2.45, 2.75) is 70.3 Å². The molecule has 1 aromatic carbocycles. The Morgan fingerprint density at radius 3 is 2.70 bits per heavy atom. The normalized spacial score (nSPS) is 18.3. The van der Waals surface area contributed by atoms with Crippen LogP contribution in [-0.4, -0.2) is 28.9 Å². The van der Waals surface area contributed by atoms with Gasteiger partial charge in [0.25, 0.3) is 5.91 Å². The molecule has 3 rings (SSSR count). The van der Waals surface area contributed by atoms with Gasteiger partial charge in [-0.25, -0.2) is 0 Å². The summed E-state index contributed by atoms with van der Waals surface area (Å²) in [5.41, 5.74) is 2.30. The van der Waals surface area contributed by atoms with Crippen molar-refractivity contribution >= 4 is 23.5 Å². The lowest BCUT2D eigenvalue weighted by Crippen LogP contribution is -2.37. The third kappa shape index (κ3) is 5.55. The molecule has 1 atom stereocenters. The van der Waals surface area contributed by atoms with Crippen molar-refractivity contribution in [1.82, 2.24) is 5.32 Å². The van der Waals surface area contributed by atoms with E-state index >= 15 is 0 Å². The first-order valence-corrected chi connectivity index (χ1v) is 9.96. The maximum atomic E-state index is 12.7. The Morgan fingerprint density at radius 2 is 1.96 bits per heavy atom. The molecule has 1 heterocycles. The van der Waals surface area contributed by atoms with E-state index in [1.807, 2.05) is 6.07 Å². The molecule has 6 heteroatoms. The van der Waals surface area contributed by atoms with E-state index in [0.29, 0.717) is 30.7 Å². The summed E-state index contributed by atoms with van der Waals surface area (Å²) in [6.45, 7) is 0. The Labute approximate surface area is 159 Å². The van der Waals surface area contributed by atoms with Crippen LogP contribution in [0.5, 0.6) is 0 Å². The molecule has 0 bridgehead atoms. The Bertz CT molecular complexity index is 710. The summed E-state index contributed by atoms with van der Waals surface area (Å²) in [7, 11) is 0. The van der Waals surface area contributed by atoms with E-state index in [4.69, 9.17) is 5.11 Å². The molecule has 2 aliphatic rings. The predicted molar refractivity (Wildman–Crippen MR) is 103 cm³/mol. The number of fused-ring (bicyclic) bond motifs is 1. The number of carboxylic acids is 1. The maximum Gasteiger partial charge on any atom is 0.303 e. The zero-order chi connectivity index (χ0) is 19.2. The zero-order valence-corrected chi connectivity index (χ0v) is 15.6. The fourth-order valence-electron chi connectivity index (χ4n) is 4.17. The molecule has 6 nitrogen and oxygen atoms in total. The van der Waals surface area contributed by atoms with Gasteiger partial charge >= 0.3 is 5.97 Å². The fourth-order valence-corrected chi connectivity index (χ4v) is 4.17. The molecule has 3 N–H and O–H groups in total. The lowest BCUT2D eigenvalue weighted by Gasteiger charge is -2.27. The largest absolute Gasteiger partial charge is 0.481 e. The summed E-state index contributed by atoms with van der Waals surface area (Å²) in [6.07, 6.45) is 8.48. The van der Waals surface area contributed by atoms with Crippen molar-refractivity contribution < 1.29 is 19.5 Å². The quantitative estimate of drug-likeness (QED) is 0.682. The number of aryl methyl sites for hydroxylation is 1. The van der Waals surface area contributed by atoms with Gasteiger partial charge in [-0.3, -0.25) is 14.4 Å². The number of amides is 2. The molecule has 1 aliphatic heterocycles. The Balaban J connectivity index is 1.65. The van der Waals surface area contributed by atoms with Crippen LogP contribution in [0.2, 0.25) is 0 Å². The van der Waals surface area contributed by atoms with E-state index in [9.17, 15) is 14.4 Å². The van der Waals surface area contributed by atoms with Crippen molar-refractivity contribution in [3.63, 3.8) is 0 Å².